The standard InChI is InChI=1S/C26H29ClF3N5O6/c1-25(2,26(28,29)30)15-3-13(4-16(27)7-15)20(9-22(39)40)35-21(38)12-31-23(41)14-5-17(8-18(36)6-14)34-24-32-10-19(37)11-33-24/h3-8,19-20,36-37H,9-12H2,1-2H3,(H,31,41)(H,35,38)(H,39,40)(H2,32,33,34)/t20-/m0/s1. The van der Waals surface area contributed by atoms with Gasteiger partial charge in [0.15, 0.2) is 5.96 Å². The van der Waals surface area contributed by atoms with Crippen molar-refractivity contribution in [2.24, 2.45) is 4.99 Å². The first-order valence-electron chi connectivity index (χ1n) is 12.3. The molecule has 1 aliphatic rings. The fraction of sp³-hybridized carbons (Fsp3) is 0.385. The summed E-state index contributed by atoms with van der Waals surface area (Å²) in [7, 11) is 0. The van der Waals surface area contributed by atoms with Crippen LogP contribution in [0.2, 0.25) is 5.02 Å². The third-order valence-corrected chi connectivity index (χ3v) is 6.50. The van der Waals surface area contributed by atoms with Gasteiger partial charge >= 0.3 is 12.1 Å². The van der Waals surface area contributed by atoms with Gasteiger partial charge in [-0.25, -0.2) is 0 Å². The molecule has 2 aromatic carbocycles. The van der Waals surface area contributed by atoms with Crippen molar-refractivity contribution < 1.29 is 42.9 Å². The average molecular weight is 600 g/mol. The number of aliphatic hydroxyl groups is 1. The van der Waals surface area contributed by atoms with Gasteiger partial charge in [0.05, 0.1) is 37.1 Å². The van der Waals surface area contributed by atoms with Crippen LogP contribution < -0.4 is 21.3 Å². The quantitative estimate of drug-likeness (QED) is 0.230. The number of aliphatic hydroxyl groups excluding tert-OH is 1. The molecule has 0 saturated carbocycles. The SMILES string of the molecule is CC(C)(c1cc(Cl)cc([C@H](CC(=O)O)NC(=O)CNC(=O)c2cc(O)cc(NC3=NCC(O)CN3)c2)c1)C(F)(F)F. The van der Waals surface area contributed by atoms with Crippen molar-refractivity contribution in [1.82, 2.24) is 16.0 Å². The maximum absolute atomic E-state index is 13.6. The predicted octanol–water partition coefficient (Wildman–Crippen LogP) is 2.68. The molecule has 1 heterocycles. The third-order valence-electron chi connectivity index (χ3n) is 6.28. The van der Waals surface area contributed by atoms with Gasteiger partial charge < -0.3 is 36.6 Å². The number of anilines is 1. The second-order valence-electron chi connectivity index (χ2n) is 9.91. The summed E-state index contributed by atoms with van der Waals surface area (Å²) in [6.07, 6.45) is -5.93. The van der Waals surface area contributed by atoms with Crippen LogP contribution in [0.4, 0.5) is 18.9 Å². The molecule has 0 aliphatic carbocycles. The molecule has 0 radical (unpaired) electrons. The van der Waals surface area contributed by atoms with E-state index in [9.17, 15) is 42.9 Å². The number of carboxylic acid groups (broad SMARTS) is 1. The Morgan fingerprint density at radius 3 is 2.46 bits per heavy atom. The summed E-state index contributed by atoms with van der Waals surface area (Å²) in [4.78, 5) is 40.9. The molecule has 1 unspecified atom stereocenters. The predicted molar refractivity (Wildman–Crippen MR) is 144 cm³/mol. The van der Waals surface area contributed by atoms with Crippen LogP contribution in [-0.4, -0.2) is 71.0 Å². The van der Waals surface area contributed by atoms with Gasteiger partial charge in [-0.05, 0) is 49.2 Å². The normalized spacial score (nSPS) is 16.2. The van der Waals surface area contributed by atoms with Gasteiger partial charge in [-0.1, -0.05) is 17.7 Å². The topological polar surface area (TPSA) is 172 Å². The largest absolute Gasteiger partial charge is 0.508 e. The lowest BCUT2D eigenvalue weighted by molar-refractivity contribution is -0.180. The highest BCUT2D eigenvalue weighted by molar-refractivity contribution is 6.30. The molecule has 0 bridgehead atoms. The molecular weight excluding hydrogens is 571 g/mol. The van der Waals surface area contributed by atoms with Crippen LogP contribution in [0.1, 0.15) is 47.8 Å². The number of halogens is 4. The molecule has 11 nitrogen and oxygen atoms in total. The Bertz CT molecular complexity index is 1350. The number of aromatic hydroxyl groups is 1. The molecular formula is C26H29ClF3N5O6. The smallest absolute Gasteiger partial charge is 0.397 e. The number of nitrogens with zero attached hydrogens (tertiary/aromatic N) is 1. The molecule has 0 spiro atoms. The zero-order chi connectivity index (χ0) is 30.5. The maximum atomic E-state index is 13.6. The Kier molecular flexibility index (Phi) is 9.71. The number of carboxylic acids is 1. The molecule has 3 rings (SSSR count). The minimum Gasteiger partial charge on any atom is -0.508 e. The highest BCUT2D eigenvalue weighted by atomic mass is 35.5. The van der Waals surface area contributed by atoms with E-state index >= 15 is 0 Å². The van der Waals surface area contributed by atoms with Gasteiger partial charge in [0.1, 0.15) is 5.75 Å². The summed E-state index contributed by atoms with van der Waals surface area (Å²) in [5, 5.41) is 39.3. The van der Waals surface area contributed by atoms with E-state index in [4.69, 9.17) is 11.6 Å². The molecule has 2 amide bonds. The first-order valence-corrected chi connectivity index (χ1v) is 12.7. The molecule has 2 aromatic rings. The lowest BCUT2D eigenvalue weighted by atomic mass is 9.82. The number of β-amino-alcohol motifs (C(OH)–C–C–N with tert-alkyl or cyclic N) is 1. The van der Waals surface area contributed by atoms with Gasteiger partial charge in [-0.3, -0.25) is 19.4 Å². The van der Waals surface area contributed by atoms with Crippen LogP contribution in [0, 0.1) is 0 Å². The number of amides is 2. The number of carbonyl (C=O) groups excluding carboxylic acids is 2. The number of rotatable bonds is 9. The van der Waals surface area contributed by atoms with Crippen molar-refractivity contribution in [2.75, 3.05) is 25.0 Å². The number of benzene rings is 2. The van der Waals surface area contributed by atoms with Gasteiger partial charge in [0.2, 0.25) is 5.91 Å². The summed E-state index contributed by atoms with van der Waals surface area (Å²) in [6, 6.07) is 6.13. The Morgan fingerprint density at radius 1 is 1.15 bits per heavy atom. The number of aliphatic carboxylic acids is 1. The van der Waals surface area contributed by atoms with E-state index in [0.29, 0.717) is 11.6 Å². The highest BCUT2D eigenvalue weighted by Gasteiger charge is 2.48. The lowest BCUT2D eigenvalue weighted by Crippen LogP contribution is -2.42. The number of carbonyl (C=O) groups is 3. The molecule has 2 atom stereocenters. The summed E-state index contributed by atoms with van der Waals surface area (Å²) in [5.41, 5.74) is -2.21. The van der Waals surface area contributed by atoms with Crippen molar-refractivity contribution >= 4 is 41.0 Å². The van der Waals surface area contributed by atoms with E-state index in [0.717, 1.165) is 32.0 Å². The number of phenols is 1. The van der Waals surface area contributed by atoms with E-state index in [1.54, 1.807) is 0 Å². The summed E-state index contributed by atoms with van der Waals surface area (Å²) >= 11 is 6.05. The summed E-state index contributed by atoms with van der Waals surface area (Å²) in [5.74, 6) is -2.85. The Balaban J connectivity index is 1.71. The zero-order valence-corrected chi connectivity index (χ0v) is 22.7. The Hall–Kier alpha value is -4.04. The molecule has 15 heteroatoms. The van der Waals surface area contributed by atoms with Crippen molar-refractivity contribution in [2.45, 2.75) is 44.0 Å². The van der Waals surface area contributed by atoms with E-state index in [-0.39, 0.29) is 40.6 Å². The lowest BCUT2D eigenvalue weighted by Gasteiger charge is -2.29. The van der Waals surface area contributed by atoms with Crippen LogP contribution in [0.25, 0.3) is 0 Å². The molecule has 0 aromatic heterocycles. The minimum absolute atomic E-state index is 0.0207. The Labute approximate surface area is 237 Å². The number of phenolic OH excluding ortho intramolecular Hbond substituents is 1. The van der Waals surface area contributed by atoms with Gasteiger partial charge in [-0.2, -0.15) is 13.2 Å². The van der Waals surface area contributed by atoms with Gasteiger partial charge in [-0.15, -0.1) is 0 Å². The zero-order valence-electron chi connectivity index (χ0n) is 22.0. The van der Waals surface area contributed by atoms with Gasteiger partial charge in [0, 0.05) is 28.9 Å². The molecule has 41 heavy (non-hydrogen) atoms. The average Bonchev–Trinajstić information content (AvgIpc) is 2.86. The number of nitrogens with one attached hydrogen (secondary N) is 4. The molecule has 222 valence electrons. The molecule has 0 fully saturated rings. The molecule has 7 N–H and O–H groups in total. The highest BCUT2D eigenvalue weighted by Crippen LogP contribution is 2.42. The van der Waals surface area contributed by atoms with Crippen LogP contribution in [-0.2, 0) is 15.0 Å². The Morgan fingerprint density at radius 2 is 1.85 bits per heavy atom. The first-order chi connectivity index (χ1) is 19.0. The molecule has 1 aliphatic heterocycles. The van der Waals surface area contributed by atoms with Crippen LogP contribution in [0.15, 0.2) is 41.4 Å². The van der Waals surface area contributed by atoms with Crippen LogP contribution in [0.5, 0.6) is 5.75 Å². The first kappa shape index (κ1) is 31.5. The molecule has 0 saturated heterocycles. The van der Waals surface area contributed by atoms with E-state index in [1.807, 2.05) is 0 Å². The van der Waals surface area contributed by atoms with E-state index < -0.39 is 54.5 Å². The number of alkyl halides is 3. The second-order valence-corrected chi connectivity index (χ2v) is 10.4. The van der Waals surface area contributed by atoms with E-state index in [1.165, 1.54) is 18.2 Å². The van der Waals surface area contributed by atoms with Crippen LogP contribution in [0.3, 0.4) is 0 Å². The number of aliphatic imine (C=N–C) groups is 1. The summed E-state index contributed by atoms with van der Waals surface area (Å²) < 4.78 is 40.8. The summed E-state index contributed by atoms with van der Waals surface area (Å²) in [6.45, 7) is 1.72. The van der Waals surface area contributed by atoms with Crippen LogP contribution >= 0.6 is 11.6 Å². The van der Waals surface area contributed by atoms with Crippen molar-refractivity contribution in [3.8, 4) is 5.75 Å². The van der Waals surface area contributed by atoms with Crippen molar-refractivity contribution in [3.05, 3.63) is 58.1 Å². The van der Waals surface area contributed by atoms with Gasteiger partial charge in [0.25, 0.3) is 5.91 Å². The number of hydrogen-bond acceptors (Lipinski definition) is 8. The fourth-order valence-electron chi connectivity index (χ4n) is 3.84. The minimum atomic E-state index is -4.63. The third kappa shape index (κ3) is 8.47. The second kappa shape index (κ2) is 12.6. The van der Waals surface area contributed by atoms with Crippen molar-refractivity contribution in [1.29, 1.82) is 0 Å². The number of hydrogen-bond donors (Lipinski definition) is 7. The maximum Gasteiger partial charge on any atom is 0.397 e. The van der Waals surface area contributed by atoms with E-state index in [2.05, 4.69) is 26.3 Å². The van der Waals surface area contributed by atoms with Crippen molar-refractivity contribution in [3.63, 3.8) is 0 Å². The number of guanidine groups is 1. The monoisotopic (exact) mass is 599 g/mol. The fourth-order valence-corrected chi connectivity index (χ4v) is 4.08.